The second-order valence-corrected chi connectivity index (χ2v) is 8.94. The van der Waals surface area contributed by atoms with Gasteiger partial charge in [0.05, 0.1) is 12.8 Å². The van der Waals surface area contributed by atoms with Gasteiger partial charge in [0.2, 0.25) is 0 Å². The summed E-state index contributed by atoms with van der Waals surface area (Å²) in [6.07, 6.45) is 2.72. The Kier molecular flexibility index (Phi) is 4.48. The predicted octanol–water partition coefficient (Wildman–Crippen LogP) is 3.11. The fourth-order valence-electron chi connectivity index (χ4n) is 6.12. The molecule has 0 aliphatic carbocycles. The lowest BCUT2D eigenvalue weighted by Crippen LogP contribution is -2.60. The van der Waals surface area contributed by atoms with E-state index in [2.05, 4.69) is 60.1 Å². The lowest BCUT2D eigenvalue weighted by molar-refractivity contribution is -0.00878. The van der Waals surface area contributed by atoms with Crippen molar-refractivity contribution in [3.8, 4) is 5.75 Å². The molecule has 4 aliphatic heterocycles. The third-order valence-corrected chi connectivity index (χ3v) is 7.66. The van der Waals surface area contributed by atoms with Gasteiger partial charge in [-0.15, -0.1) is 0 Å². The number of hydrogen-bond acceptors (Lipinski definition) is 4. The summed E-state index contributed by atoms with van der Waals surface area (Å²) in [7, 11) is 3.81. The molecule has 2 bridgehead atoms. The van der Waals surface area contributed by atoms with Crippen molar-refractivity contribution < 1.29 is 4.74 Å². The zero-order valence-corrected chi connectivity index (χ0v) is 17.6. The van der Waals surface area contributed by atoms with Crippen molar-refractivity contribution >= 4 is 0 Å². The van der Waals surface area contributed by atoms with Crippen molar-refractivity contribution in [2.45, 2.75) is 51.2 Å². The van der Waals surface area contributed by atoms with E-state index < -0.39 is 0 Å². The summed E-state index contributed by atoms with van der Waals surface area (Å²) in [5.74, 6) is 2.37. The van der Waals surface area contributed by atoms with E-state index in [1.165, 1.54) is 48.4 Å². The molecule has 0 amide bonds. The van der Waals surface area contributed by atoms with Gasteiger partial charge in [0.1, 0.15) is 5.75 Å². The Morgan fingerprint density at radius 2 is 1.79 bits per heavy atom. The topological polar surface area (TPSA) is 33.5 Å². The minimum absolute atomic E-state index is 0.580. The third kappa shape index (κ3) is 2.79. The second-order valence-electron chi connectivity index (χ2n) is 8.94. The molecule has 4 aliphatic rings. The number of piperidine rings is 3. The molecular formula is C23H32N4O. The highest BCUT2D eigenvalue weighted by molar-refractivity contribution is 5.33. The van der Waals surface area contributed by atoms with Gasteiger partial charge in [0.15, 0.2) is 0 Å². The molecule has 28 heavy (non-hydrogen) atoms. The molecule has 2 aromatic rings. The van der Waals surface area contributed by atoms with Crippen molar-refractivity contribution in [1.29, 1.82) is 0 Å². The number of fused-ring (bicyclic) bond motifs is 2. The number of methoxy groups -OCH3 is 1. The van der Waals surface area contributed by atoms with Gasteiger partial charge in [-0.2, -0.15) is 5.10 Å². The molecule has 6 rings (SSSR count). The Bertz CT molecular complexity index is 850. The van der Waals surface area contributed by atoms with Gasteiger partial charge in [-0.1, -0.05) is 12.1 Å². The maximum atomic E-state index is 5.39. The van der Waals surface area contributed by atoms with Crippen molar-refractivity contribution in [2.75, 3.05) is 26.7 Å². The summed E-state index contributed by atoms with van der Waals surface area (Å²) >= 11 is 0. The Balaban J connectivity index is 1.48. The molecule has 5 heteroatoms. The fourth-order valence-corrected chi connectivity index (χ4v) is 6.12. The number of nitrogens with zero attached hydrogens (tertiary/aromatic N) is 4. The Morgan fingerprint density at radius 3 is 2.39 bits per heavy atom. The summed E-state index contributed by atoms with van der Waals surface area (Å²) in [5.41, 5.74) is 5.38. The molecule has 1 aromatic carbocycles. The van der Waals surface area contributed by atoms with Gasteiger partial charge in [-0.25, -0.2) is 0 Å². The number of benzene rings is 1. The van der Waals surface area contributed by atoms with Crippen LogP contribution in [0.3, 0.4) is 0 Å². The van der Waals surface area contributed by atoms with Crippen molar-refractivity contribution in [1.82, 2.24) is 19.6 Å². The maximum absolute atomic E-state index is 5.39. The minimum atomic E-state index is 0.580. The summed E-state index contributed by atoms with van der Waals surface area (Å²) in [6.45, 7) is 9.09. The smallest absolute Gasteiger partial charge is 0.118 e. The summed E-state index contributed by atoms with van der Waals surface area (Å²) in [6, 6.07) is 10.1. The highest BCUT2D eigenvalue weighted by atomic mass is 16.5. The van der Waals surface area contributed by atoms with Crippen LogP contribution in [0.2, 0.25) is 0 Å². The fraction of sp³-hybridized carbons (Fsp3) is 0.609. The summed E-state index contributed by atoms with van der Waals surface area (Å²) < 4.78 is 7.42. The lowest BCUT2D eigenvalue weighted by Gasteiger charge is -2.51. The average Bonchev–Trinajstić information content (AvgIpc) is 3.24. The Labute approximate surface area is 168 Å². The molecule has 0 unspecified atom stereocenters. The van der Waals surface area contributed by atoms with Crippen LogP contribution in [-0.2, 0) is 13.6 Å². The highest BCUT2D eigenvalue weighted by Crippen LogP contribution is 2.47. The third-order valence-electron chi connectivity index (χ3n) is 7.66. The quantitative estimate of drug-likeness (QED) is 0.816. The van der Waals surface area contributed by atoms with Crippen LogP contribution in [0, 0.1) is 19.8 Å². The van der Waals surface area contributed by atoms with Gasteiger partial charge in [-0.3, -0.25) is 14.5 Å². The van der Waals surface area contributed by atoms with Crippen LogP contribution in [0.15, 0.2) is 24.3 Å². The van der Waals surface area contributed by atoms with Crippen LogP contribution in [0.1, 0.15) is 41.3 Å². The van der Waals surface area contributed by atoms with Gasteiger partial charge in [0.25, 0.3) is 0 Å². The van der Waals surface area contributed by atoms with Crippen LogP contribution in [0.25, 0.3) is 0 Å². The van der Waals surface area contributed by atoms with Crippen molar-refractivity contribution in [3.63, 3.8) is 0 Å². The van der Waals surface area contributed by atoms with E-state index in [1.54, 1.807) is 7.11 Å². The maximum Gasteiger partial charge on any atom is 0.118 e. The Hall–Kier alpha value is -1.85. The number of aromatic nitrogens is 2. The van der Waals surface area contributed by atoms with E-state index in [1.807, 2.05) is 4.68 Å². The first-order chi connectivity index (χ1) is 13.6. The molecule has 1 aromatic heterocycles. The van der Waals surface area contributed by atoms with Crippen LogP contribution in [-0.4, -0.2) is 58.4 Å². The molecule has 5 nitrogen and oxygen atoms in total. The number of likely N-dealkylation sites (tertiary alicyclic amines) is 1. The molecule has 0 saturated carbocycles. The molecule has 5 heterocycles. The van der Waals surface area contributed by atoms with Crippen LogP contribution < -0.4 is 4.74 Å². The molecule has 0 radical (unpaired) electrons. The average molecular weight is 381 g/mol. The van der Waals surface area contributed by atoms with Gasteiger partial charge in [0, 0.05) is 49.4 Å². The number of aryl methyl sites for hydroxylation is 2. The molecule has 4 fully saturated rings. The van der Waals surface area contributed by atoms with E-state index >= 15 is 0 Å². The predicted molar refractivity (Wildman–Crippen MR) is 111 cm³/mol. The monoisotopic (exact) mass is 380 g/mol. The summed E-state index contributed by atoms with van der Waals surface area (Å²) in [4.78, 5) is 5.56. The summed E-state index contributed by atoms with van der Waals surface area (Å²) in [5, 5.41) is 4.67. The molecule has 0 spiro atoms. The molecule has 150 valence electrons. The SMILES string of the molecule is COc1ccc([C@@H]2CN(Cc3c(C)nn(C)c3C)[C@@H]3C4CCN(CC4)[C@@H]32)cc1. The van der Waals surface area contributed by atoms with E-state index in [4.69, 9.17) is 4.74 Å². The standard InChI is InChI=1S/C23H32N4O/c1-15-20(16(2)25(3)24-15)13-27-14-21(17-5-7-19(28-4)8-6-17)23-22(27)18-9-11-26(23)12-10-18/h5-8,18,21-23H,9-14H2,1-4H3/t21-,22+,23+/m0/s1. The normalized spacial score (nSPS) is 31.9. The minimum Gasteiger partial charge on any atom is -0.497 e. The van der Waals surface area contributed by atoms with E-state index in [9.17, 15) is 0 Å². The first kappa shape index (κ1) is 18.2. The lowest BCUT2D eigenvalue weighted by atomic mass is 9.75. The highest BCUT2D eigenvalue weighted by Gasteiger charge is 2.53. The molecule has 4 saturated heterocycles. The first-order valence-corrected chi connectivity index (χ1v) is 10.7. The van der Waals surface area contributed by atoms with E-state index in [0.29, 0.717) is 18.0 Å². The second kappa shape index (κ2) is 6.89. The zero-order valence-electron chi connectivity index (χ0n) is 17.6. The Morgan fingerprint density at radius 1 is 1.07 bits per heavy atom. The van der Waals surface area contributed by atoms with Gasteiger partial charge in [-0.05, 0) is 63.4 Å². The van der Waals surface area contributed by atoms with Crippen molar-refractivity contribution in [3.05, 3.63) is 46.8 Å². The number of ether oxygens (including phenoxy) is 1. The van der Waals surface area contributed by atoms with Gasteiger partial charge < -0.3 is 4.74 Å². The van der Waals surface area contributed by atoms with Crippen LogP contribution >= 0.6 is 0 Å². The number of rotatable bonds is 4. The zero-order chi connectivity index (χ0) is 19.4. The van der Waals surface area contributed by atoms with Crippen LogP contribution in [0.5, 0.6) is 5.75 Å². The first-order valence-electron chi connectivity index (χ1n) is 10.7. The molecule has 3 atom stereocenters. The largest absolute Gasteiger partial charge is 0.497 e. The van der Waals surface area contributed by atoms with E-state index in [0.717, 1.165) is 24.8 Å². The van der Waals surface area contributed by atoms with Gasteiger partial charge >= 0.3 is 0 Å². The van der Waals surface area contributed by atoms with Crippen LogP contribution in [0.4, 0.5) is 0 Å². The molecule has 0 N–H and O–H groups in total. The number of hydrogen-bond donors (Lipinski definition) is 0. The van der Waals surface area contributed by atoms with Crippen molar-refractivity contribution in [2.24, 2.45) is 13.0 Å². The molecular weight excluding hydrogens is 348 g/mol. The van der Waals surface area contributed by atoms with E-state index in [-0.39, 0.29) is 0 Å².